The predicted molar refractivity (Wildman–Crippen MR) is 51.8 cm³/mol. The molecule has 3 nitrogen and oxygen atoms in total. The minimum absolute atomic E-state index is 0.354. The SMILES string of the molecule is O=C(O)c1cc(Br)n(CC2CC2)c1. The summed E-state index contributed by atoms with van der Waals surface area (Å²) in [6.07, 6.45) is 4.23. The van der Waals surface area contributed by atoms with Gasteiger partial charge in [0, 0.05) is 12.7 Å². The molecule has 0 radical (unpaired) electrons. The largest absolute Gasteiger partial charge is 0.478 e. The summed E-state index contributed by atoms with van der Waals surface area (Å²) in [6.45, 7) is 0.938. The van der Waals surface area contributed by atoms with Crippen LogP contribution in [0.1, 0.15) is 23.2 Å². The van der Waals surface area contributed by atoms with Crippen LogP contribution in [0.5, 0.6) is 0 Å². The number of hydrogen-bond donors (Lipinski definition) is 1. The first-order valence-corrected chi connectivity index (χ1v) is 5.05. The highest BCUT2D eigenvalue weighted by molar-refractivity contribution is 9.10. The Hall–Kier alpha value is -0.770. The van der Waals surface area contributed by atoms with E-state index in [-0.39, 0.29) is 0 Å². The molecule has 2 rings (SSSR count). The quantitative estimate of drug-likeness (QED) is 0.886. The molecule has 1 saturated carbocycles. The van der Waals surface area contributed by atoms with E-state index in [1.54, 1.807) is 12.3 Å². The second-order valence-corrected chi connectivity index (χ2v) is 4.26. The van der Waals surface area contributed by atoms with Crippen molar-refractivity contribution in [3.05, 3.63) is 22.4 Å². The number of rotatable bonds is 3. The number of aromatic carboxylic acids is 1. The topological polar surface area (TPSA) is 42.2 Å². The molecule has 70 valence electrons. The van der Waals surface area contributed by atoms with Crippen molar-refractivity contribution in [1.29, 1.82) is 0 Å². The van der Waals surface area contributed by atoms with Gasteiger partial charge in [0.2, 0.25) is 0 Å². The van der Waals surface area contributed by atoms with Crippen molar-refractivity contribution < 1.29 is 9.90 Å². The van der Waals surface area contributed by atoms with Crippen LogP contribution in [0.15, 0.2) is 16.9 Å². The van der Waals surface area contributed by atoms with Crippen LogP contribution in [0.25, 0.3) is 0 Å². The van der Waals surface area contributed by atoms with Crippen molar-refractivity contribution >= 4 is 21.9 Å². The van der Waals surface area contributed by atoms with Crippen LogP contribution < -0.4 is 0 Å². The maximum atomic E-state index is 10.6. The lowest BCUT2D eigenvalue weighted by Gasteiger charge is -2.01. The normalized spacial score (nSPS) is 16.1. The molecular weight excluding hydrogens is 234 g/mol. The van der Waals surface area contributed by atoms with Gasteiger partial charge in [-0.05, 0) is 40.8 Å². The van der Waals surface area contributed by atoms with Gasteiger partial charge in [0.15, 0.2) is 0 Å². The molecule has 1 aliphatic carbocycles. The summed E-state index contributed by atoms with van der Waals surface area (Å²) >= 11 is 3.34. The molecule has 1 aromatic rings. The van der Waals surface area contributed by atoms with Crippen molar-refractivity contribution in [2.24, 2.45) is 5.92 Å². The van der Waals surface area contributed by atoms with Crippen molar-refractivity contribution in [2.45, 2.75) is 19.4 Å². The third-order valence-corrected chi connectivity index (χ3v) is 2.93. The van der Waals surface area contributed by atoms with Gasteiger partial charge in [0.05, 0.1) is 10.2 Å². The Morgan fingerprint density at radius 1 is 1.69 bits per heavy atom. The highest BCUT2D eigenvalue weighted by Gasteiger charge is 2.22. The van der Waals surface area contributed by atoms with Crippen molar-refractivity contribution in [2.75, 3.05) is 0 Å². The molecule has 4 heteroatoms. The number of carboxylic acid groups (broad SMARTS) is 1. The molecule has 1 aromatic heterocycles. The first-order chi connectivity index (χ1) is 6.16. The second-order valence-electron chi connectivity index (χ2n) is 3.45. The van der Waals surface area contributed by atoms with Crippen LogP contribution in [0, 0.1) is 5.92 Å². The summed E-state index contributed by atoms with van der Waals surface area (Å²) in [5.41, 5.74) is 0.354. The average Bonchev–Trinajstić information content (AvgIpc) is 2.78. The van der Waals surface area contributed by atoms with E-state index in [0.29, 0.717) is 5.56 Å². The average molecular weight is 244 g/mol. The Morgan fingerprint density at radius 2 is 2.38 bits per heavy atom. The van der Waals surface area contributed by atoms with Crippen molar-refractivity contribution in [3.8, 4) is 0 Å². The standard InChI is InChI=1S/C9H10BrNO2/c10-8-3-7(9(12)13)5-11(8)4-6-1-2-6/h3,5-6H,1-2,4H2,(H,12,13). The Balaban J connectivity index is 2.18. The zero-order valence-corrected chi connectivity index (χ0v) is 8.62. The molecular formula is C9H10BrNO2. The third kappa shape index (κ3) is 1.94. The third-order valence-electron chi connectivity index (χ3n) is 2.24. The monoisotopic (exact) mass is 243 g/mol. The van der Waals surface area contributed by atoms with E-state index in [4.69, 9.17) is 5.11 Å². The summed E-state index contributed by atoms with van der Waals surface area (Å²) in [4.78, 5) is 10.6. The first kappa shape index (κ1) is 8.81. The number of halogens is 1. The lowest BCUT2D eigenvalue weighted by atomic mass is 10.3. The van der Waals surface area contributed by atoms with E-state index in [9.17, 15) is 4.79 Å². The van der Waals surface area contributed by atoms with Crippen molar-refractivity contribution in [1.82, 2.24) is 4.57 Å². The van der Waals surface area contributed by atoms with E-state index >= 15 is 0 Å². The fourth-order valence-corrected chi connectivity index (χ4v) is 1.81. The van der Waals surface area contributed by atoms with Gasteiger partial charge in [-0.25, -0.2) is 4.79 Å². The fraction of sp³-hybridized carbons (Fsp3) is 0.444. The van der Waals surface area contributed by atoms with Gasteiger partial charge in [-0.1, -0.05) is 0 Å². The van der Waals surface area contributed by atoms with Gasteiger partial charge in [-0.15, -0.1) is 0 Å². The Bertz CT molecular complexity index is 341. The summed E-state index contributed by atoms with van der Waals surface area (Å²) in [5.74, 6) is -0.111. The van der Waals surface area contributed by atoms with Crippen LogP contribution in [0.2, 0.25) is 0 Å². The van der Waals surface area contributed by atoms with E-state index in [1.807, 2.05) is 4.57 Å². The van der Waals surface area contributed by atoms with Gasteiger partial charge in [-0.3, -0.25) is 0 Å². The van der Waals surface area contributed by atoms with E-state index < -0.39 is 5.97 Å². The highest BCUT2D eigenvalue weighted by atomic mass is 79.9. The molecule has 1 fully saturated rings. The molecule has 0 saturated heterocycles. The molecule has 0 unspecified atom stereocenters. The van der Waals surface area contributed by atoms with Crippen LogP contribution in [0.4, 0.5) is 0 Å². The Kier molecular flexibility index (Phi) is 2.15. The smallest absolute Gasteiger partial charge is 0.337 e. The summed E-state index contributed by atoms with van der Waals surface area (Å²) in [5, 5.41) is 8.74. The van der Waals surface area contributed by atoms with Crippen LogP contribution >= 0.6 is 15.9 Å². The maximum Gasteiger partial charge on any atom is 0.337 e. The first-order valence-electron chi connectivity index (χ1n) is 4.26. The van der Waals surface area contributed by atoms with Crippen LogP contribution in [0.3, 0.4) is 0 Å². The zero-order chi connectivity index (χ0) is 9.42. The molecule has 1 heterocycles. The van der Waals surface area contributed by atoms with E-state index in [1.165, 1.54) is 12.8 Å². The van der Waals surface area contributed by atoms with Crippen molar-refractivity contribution in [3.63, 3.8) is 0 Å². The highest BCUT2D eigenvalue weighted by Crippen LogP contribution is 2.32. The van der Waals surface area contributed by atoms with Gasteiger partial charge < -0.3 is 9.67 Å². The van der Waals surface area contributed by atoms with Gasteiger partial charge in [0.1, 0.15) is 0 Å². The second kappa shape index (κ2) is 3.18. The number of carbonyl (C=O) groups is 1. The fourth-order valence-electron chi connectivity index (χ4n) is 1.31. The molecule has 0 aromatic carbocycles. The number of hydrogen-bond acceptors (Lipinski definition) is 1. The number of nitrogens with zero attached hydrogens (tertiary/aromatic N) is 1. The molecule has 0 amide bonds. The minimum atomic E-state index is -0.866. The van der Waals surface area contributed by atoms with Crippen LogP contribution in [-0.4, -0.2) is 15.6 Å². The Labute approximate surface area is 84.5 Å². The molecule has 0 spiro atoms. The maximum absolute atomic E-state index is 10.6. The molecule has 13 heavy (non-hydrogen) atoms. The van der Waals surface area contributed by atoms with Crippen LogP contribution in [-0.2, 0) is 6.54 Å². The minimum Gasteiger partial charge on any atom is -0.478 e. The predicted octanol–water partition coefficient (Wildman–Crippen LogP) is 2.36. The number of aromatic nitrogens is 1. The van der Waals surface area contributed by atoms with Gasteiger partial charge in [0.25, 0.3) is 0 Å². The lowest BCUT2D eigenvalue weighted by Crippen LogP contribution is -1.98. The summed E-state index contributed by atoms with van der Waals surface area (Å²) in [6, 6.07) is 1.64. The molecule has 0 atom stereocenters. The molecule has 1 aliphatic rings. The van der Waals surface area contributed by atoms with E-state index in [0.717, 1.165) is 17.1 Å². The summed E-state index contributed by atoms with van der Waals surface area (Å²) < 4.78 is 2.82. The van der Waals surface area contributed by atoms with Gasteiger partial charge >= 0.3 is 5.97 Å². The molecule has 1 N–H and O–H groups in total. The van der Waals surface area contributed by atoms with E-state index in [2.05, 4.69) is 15.9 Å². The zero-order valence-electron chi connectivity index (χ0n) is 7.03. The molecule has 0 aliphatic heterocycles. The summed E-state index contributed by atoms with van der Waals surface area (Å²) in [7, 11) is 0. The lowest BCUT2D eigenvalue weighted by molar-refractivity contribution is 0.0697. The Morgan fingerprint density at radius 3 is 2.85 bits per heavy atom. The number of carboxylic acids is 1. The molecule has 0 bridgehead atoms. The van der Waals surface area contributed by atoms with Gasteiger partial charge in [-0.2, -0.15) is 0 Å².